The highest BCUT2D eigenvalue weighted by atomic mass is 16.6. The minimum atomic E-state index is 0.0287. The molecular weight excluding hydrogens is 576 g/mol. The summed E-state index contributed by atoms with van der Waals surface area (Å²) in [5.41, 5.74) is 0. The van der Waals surface area contributed by atoms with Gasteiger partial charge in [-0.2, -0.15) is 0 Å². The third-order valence-corrected chi connectivity index (χ3v) is 6.05. The summed E-state index contributed by atoms with van der Waals surface area (Å²) in [6, 6.07) is 0. The van der Waals surface area contributed by atoms with E-state index in [1.54, 1.807) is 0 Å². The van der Waals surface area contributed by atoms with Crippen LogP contribution in [0.1, 0.15) is 58.3 Å². The second-order valence-electron chi connectivity index (χ2n) is 9.93. The smallest absolute Gasteiger partial charge is 0.0701 e. The van der Waals surface area contributed by atoms with Gasteiger partial charge in [-0.3, -0.25) is 0 Å². The first-order valence-corrected chi connectivity index (χ1v) is 16.9. The zero-order chi connectivity index (χ0) is 31.7. The van der Waals surface area contributed by atoms with Crippen molar-refractivity contribution in [2.75, 3.05) is 152 Å². The maximum absolute atomic E-state index is 8.58. The molecule has 0 spiro atoms. The predicted molar refractivity (Wildman–Crippen MR) is 169 cm³/mol. The normalized spacial score (nSPS) is 11.6. The molecule has 0 saturated carbocycles. The zero-order valence-corrected chi connectivity index (χ0v) is 27.9. The quantitative estimate of drug-likeness (QED) is 0.0985. The molecule has 0 rings (SSSR count). The minimum Gasteiger partial charge on any atom is -0.394 e. The number of hydrogen-bond donors (Lipinski definition) is 1. The Morgan fingerprint density at radius 1 is 0.250 bits per heavy atom. The molecule has 0 atom stereocenters. The molecule has 0 heterocycles. The van der Waals surface area contributed by atoms with Gasteiger partial charge in [0.05, 0.1) is 132 Å². The molecule has 0 unspecified atom stereocenters. The van der Waals surface area contributed by atoms with E-state index in [1.807, 2.05) is 0 Å². The van der Waals surface area contributed by atoms with E-state index in [-0.39, 0.29) is 6.61 Å². The van der Waals surface area contributed by atoms with Gasteiger partial charge in [-0.05, 0) is 19.3 Å². The highest BCUT2D eigenvalue weighted by Gasteiger charge is 1.97. The molecule has 1 N–H and O–H groups in total. The van der Waals surface area contributed by atoms with Crippen molar-refractivity contribution in [3.8, 4) is 0 Å². The molecule has 0 aliphatic carbocycles. The van der Waals surface area contributed by atoms with Gasteiger partial charge in [-0.15, -0.1) is 0 Å². The molecule has 0 fully saturated rings. The summed E-state index contributed by atoms with van der Waals surface area (Å²) < 4.78 is 60.0. The number of unbranched alkanes of at least 4 members (excludes halogenated alkanes) is 6. The van der Waals surface area contributed by atoms with Gasteiger partial charge in [-0.25, -0.2) is 0 Å². The van der Waals surface area contributed by atoms with E-state index < -0.39 is 0 Å². The number of hydrogen-bond acceptors (Lipinski definition) is 12. The van der Waals surface area contributed by atoms with Gasteiger partial charge >= 0.3 is 0 Å². The molecule has 0 aromatic rings. The first kappa shape index (κ1) is 43.5. The Bertz CT molecular complexity index is 448. The molecule has 0 bridgehead atoms. The van der Waals surface area contributed by atoms with Crippen molar-refractivity contribution in [3.63, 3.8) is 0 Å². The molecular formula is C32H66O12. The lowest BCUT2D eigenvalue weighted by Gasteiger charge is -2.09. The summed E-state index contributed by atoms with van der Waals surface area (Å²) in [5.74, 6) is 0. The average Bonchev–Trinajstić information content (AvgIpc) is 3.04. The summed E-state index contributed by atoms with van der Waals surface area (Å²) >= 11 is 0. The van der Waals surface area contributed by atoms with Crippen LogP contribution in [-0.4, -0.2) is 157 Å². The van der Waals surface area contributed by atoms with Crippen molar-refractivity contribution in [2.45, 2.75) is 58.3 Å². The Kier molecular flexibility index (Phi) is 42.1. The maximum Gasteiger partial charge on any atom is 0.0701 e. The molecule has 0 aromatic heterocycles. The highest BCUT2D eigenvalue weighted by molar-refractivity contribution is 4.45. The molecule has 0 saturated heterocycles. The fourth-order valence-electron chi connectivity index (χ4n) is 3.64. The van der Waals surface area contributed by atoms with E-state index in [0.29, 0.717) is 126 Å². The Morgan fingerprint density at radius 3 is 0.750 bits per heavy atom. The predicted octanol–water partition coefficient (Wildman–Crippen LogP) is 3.30. The van der Waals surface area contributed by atoms with Crippen LogP contribution in [0, 0.1) is 0 Å². The van der Waals surface area contributed by atoms with E-state index >= 15 is 0 Å². The van der Waals surface area contributed by atoms with Crippen molar-refractivity contribution in [3.05, 3.63) is 0 Å². The Hall–Kier alpha value is -0.480. The van der Waals surface area contributed by atoms with E-state index in [0.717, 1.165) is 32.7 Å². The number of ether oxygens (including phenoxy) is 11. The summed E-state index contributed by atoms with van der Waals surface area (Å²) in [4.78, 5) is 0. The fraction of sp³-hybridized carbons (Fsp3) is 1.00. The molecule has 12 nitrogen and oxygen atoms in total. The van der Waals surface area contributed by atoms with E-state index in [2.05, 4.69) is 6.92 Å². The van der Waals surface area contributed by atoms with Crippen LogP contribution in [-0.2, 0) is 52.1 Å². The van der Waals surface area contributed by atoms with Crippen LogP contribution in [0.3, 0.4) is 0 Å². The highest BCUT2D eigenvalue weighted by Crippen LogP contribution is 2.05. The Labute approximate surface area is 267 Å². The van der Waals surface area contributed by atoms with E-state index in [1.165, 1.54) is 38.5 Å². The second-order valence-corrected chi connectivity index (χ2v) is 9.93. The molecule has 0 radical (unpaired) electrons. The van der Waals surface area contributed by atoms with Crippen LogP contribution in [0.4, 0.5) is 0 Å². The van der Waals surface area contributed by atoms with Gasteiger partial charge < -0.3 is 57.2 Å². The largest absolute Gasteiger partial charge is 0.394 e. The lowest BCUT2D eigenvalue weighted by molar-refractivity contribution is -0.0268. The molecule has 266 valence electrons. The summed E-state index contributed by atoms with van der Waals surface area (Å²) in [7, 11) is 0. The van der Waals surface area contributed by atoms with Crippen molar-refractivity contribution in [1.29, 1.82) is 0 Å². The monoisotopic (exact) mass is 642 g/mol. The van der Waals surface area contributed by atoms with Crippen LogP contribution in [0.25, 0.3) is 0 Å². The van der Waals surface area contributed by atoms with Crippen LogP contribution < -0.4 is 0 Å². The molecule has 12 heteroatoms. The van der Waals surface area contributed by atoms with Crippen molar-refractivity contribution >= 4 is 0 Å². The van der Waals surface area contributed by atoms with Gasteiger partial charge in [0.1, 0.15) is 0 Å². The van der Waals surface area contributed by atoms with Gasteiger partial charge in [0.2, 0.25) is 0 Å². The molecule has 0 aliphatic rings. The van der Waals surface area contributed by atoms with Crippen LogP contribution in [0.2, 0.25) is 0 Å². The van der Waals surface area contributed by atoms with Gasteiger partial charge in [0, 0.05) is 19.8 Å². The lowest BCUT2D eigenvalue weighted by atomic mass is 10.1. The van der Waals surface area contributed by atoms with Crippen LogP contribution in [0.5, 0.6) is 0 Å². The number of aliphatic hydroxyl groups is 1. The molecule has 0 amide bonds. The standard InChI is InChI=1S/C32H66O12/c1-2-3-4-5-6-7-11-34-12-8-9-13-35-15-17-37-19-21-39-23-25-41-27-29-43-31-32-44-30-28-42-26-24-40-22-20-38-18-16-36-14-10-33/h33H,2-32H2,1H3. The average molecular weight is 643 g/mol. The Morgan fingerprint density at radius 2 is 0.455 bits per heavy atom. The third-order valence-electron chi connectivity index (χ3n) is 6.05. The first-order chi connectivity index (χ1) is 21.9. The first-order valence-electron chi connectivity index (χ1n) is 16.9. The number of rotatable bonds is 41. The molecule has 0 aromatic carbocycles. The topological polar surface area (TPSA) is 122 Å². The van der Waals surface area contributed by atoms with Gasteiger partial charge in [0.15, 0.2) is 0 Å². The second kappa shape index (κ2) is 42.5. The zero-order valence-electron chi connectivity index (χ0n) is 27.9. The third kappa shape index (κ3) is 41.5. The van der Waals surface area contributed by atoms with Crippen LogP contribution in [0.15, 0.2) is 0 Å². The van der Waals surface area contributed by atoms with Gasteiger partial charge in [-0.1, -0.05) is 39.0 Å². The van der Waals surface area contributed by atoms with Crippen LogP contribution >= 0.6 is 0 Å². The van der Waals surface area contributed by atoms with Crippen molar-refractivity contribution in [1.82, 2.24) is 0 Å². The summed E-state index contributed by atoms with van der Waals surface area (Å²) in [6.45, 7) is 14.6. The van der Waals surface area contributed by atoms with E-state index in [9.17, 15) is 0 Å². The Balaban J connectivity index is 3.03. The fourth-order valence-corrected chi connectivity index (χ4v) is 3.64. The maximum atomic E-state index is 8.58. The van der Waals surface area contributed by atoms with Crippen molar-refractivity contribution < 1.29 is 57.2 Å². The minimum absolute atomic E-state index is 0.0287. The molecule has 44 heavy (non-hydrogen) atoms. The summed E-state index contributed by atoms with van der Waals surface area (Å²) in [5, 5.41) is 8.58. The lowest BCUT2D eigenvalue weighted by Crippen LogP contribution is -2.15. The SMILES string of the molecule is CCCCCCCCOCCCCOCCOCCOCCOCCOCCOCCOCCOCCOCCOCCO. The molecule has 0 aliphatic heterocycles. The van der Waals surface area contributed by atoms with E-state index in [4.69, 9.17) is 57.2 Å². The summed E-state index contributed by atoms with van der Waals surface area (Å²) in [6.07, 6.45) is 9.89. The number of aliphatic hydroxyl groups excluding tert-OH is 1. The van der Waals surface area contributed by atoms with Crippen molar-refractivity contribution in [2.24, 2.45) is 0 Å². The van der Waals surface area contributed by atoms with Gasteiger partial charge in [0.25, 0.3) is 0 Å².